The third-order valence-electron chi connectivity index (χ3n) is 3.89. The van der Waals surface area contributed by atoms with Gasteiger partial charge in [-0.1, -0.05) is 0 Å². The minimum atomic E-state index is -3.62. The minimum Gasteiger partial charge on any atom is -0.495 e. The molecule has 2 heterocycles. The van der Waals surface area contributed by atoms with Crippen molar-refractivity contribution < 1.29 is 17.9 Å². The molecule has 0 saturated heterocycles. The van der Waals surface area contributed by atoms with Crippen molar-refractivity contribution >= 4 is 44.3 Å². The first-order valence-corrected chi connectivity index (χ1v) is 11.4. The van der Waals surface area contributed by atoms with Crippen LogP contribution < -0.4 is 10.1 Å². The number of thiazole rings is 1. The van der Waals surface area contributed by atoms with Crippen LogP contribution in [0.2, 0.25) is 0 Å². The van der Waals surface area contributed by atoms with Crippen LogP contribution in [-0.4, -0.2) is 44.8 Å². The van der Waals surface area contributed by atoms with Crippen molar-refractivity contribution in [3.8, 4) is 16.3 Å². The van der Waals surface area contributed by atoms with E-state index >= 15 is 0 Å². The summed E-state index contributed by atoms with van der Waals surface area (Å²) in [5, 5.41) is 9.41. The number of rotatable bonds is 7. The molecule has 7 nitrogen and oxygen atoms in total. The fourth-order valence-electron chi connectivity index (χ4n) is 2.42. The fourth-order valence-corrected chi connectivity index (χ4v) is 4.88. The lowest BCUT2D eigenvalue weighted by atomic mass is 10.2. The Labute approximate surface area is 171 Å². The van der Waals surface area contributed by atoms with Crippen molar-refractivity contribution in [2.45, 2.75) is 11.3 Å². The molecule has 0 atom stereocenters. The number of nitrogens with one attached hydrogen (secondary N) is 1. The summed E-state index contributed by atoms with van der Waals surface area (Å²) in [4.78, 5) is 17.0. The highest BCUT2D eigenvalue weighted by atomic mass is 32.2. The molecule has 28 heavy (non-hydrogen) atoms. The molecule has 0 spiro atoms. The Morgan fingerprint density at radius 2 is 2.04 bits per heavy atom. The summed E-state index contributed by atoms with van der Waals surface area (Å²) in [6.45, 7) is 0. The van der Waals surface area contributed by atoms with Gasteiger partial charge in [-0.2, -0.15) is 11.3 Å². The second-order valence-corrected chi connectivity index (χ2v) is 9.82. The molecule has 0 unspecified atom stereocenters. The summed E-state index contributed by atoms with van der Waals surface area (Å²) in [7, 11) is 0.732. The Morgan fingerprint density at radius 3 is 2.68 bits per heavy atom. The molecule has 0 radical (unpaired) electrons. The standard InChI is InChI=1S/C18H19N3O4S3/c1-21(2)28(23,24)14-4-5-16(25-3)15(9-14)20-17(22)8-13-11-27-18(19-13)12-6-7-26-10-12/h4-7,9-11H,8H2,1-3H3,(H,20,22). The van der Waals surface area contributed by atoms with Gasteiger partial charge in [0.15, 0.2) is 0 Å². The van der Waals surface area contributed by atoms with Gasteiger partial charge in [-0.05, 0) is 29.6 Å². The summed E-state index contributed by atoms with van der Waals surface area (Å²) >= 11 is 3.07. The molecule has 1 amide bonds. The Balaban J connectivity index is 1.78. The molecule has 0 aliphatic rings. The molecule has 1 aromatic carbocycles. The molecule has 148 valence electrons. The predicted molar refractivity (Wildman–Crippen MR) is 112 cm³/mol. The van der Waals surface area contributed by atoms with Gasteiger partial charge < -0.3 is 10.1 Å². The molecule has 0 fully saturated rings. The SMILES string of the molecule is COc1ccc(S(=O)(=O)N(C)C)cc1NC(=O)Cc1csc(-c2ccsc2)n1. The van der Waals surface area contributed by atoms with E-state index in [2.05, 4.69) is 10.3 Å². The lowest BCUT2D eigenvalue weighted by Gasteiger charge is -2.15. The van der Waals surface area contributed by atoms with E-state index < -0.39 is 10.0 Å². The molecule has 1 N–H and O–H groups in total. The van der Waals surface area contributed by atoms with Crippen LogP contribution in [0.4, 0.5) is 5.69 Å². The van der Waals surface area contributed by atoms with Gasteiger partial charge in [0.05, 0.1) is 29.8 Å². The number of ether oxygens (including phenoxy) is 1. The van der Waals surface area contributed by atoms with Crippen molar-refractivity contribution in [1.29, 1.82) is 0 Å². The Hall–Kier alpha value is -2.27. The highest BCUT2D eigenvalue weighted by Crippen LogP contribution is 2.29. The summed E-state index contributed by atoms with van der Waals surface area (Å²) in [5.41, 5.74) is 1.98. The molecule has 2 aromatic heterocycles. The first kappa shape index (κ1) is 20.5. The van der Waals surface area contributed by atoms with Gasteiger partial charge in [-0.15, -0.1) is 11.3 Å². The van der Waals surface area contributed by atoms with Crippen LogP contribution in [0.3, 0.4) is 0 Å². The molecule has 0 bridgehead atoms. The Morgan fingerprint density at radius 1 is 1.25 bits per heavy atom. The first-order chi connectivity index (χ1) is 13.3. The van der Waals surface area contributed by atoms with E-state index in [0.29, 0.717) is 17.1 Å². The largest absolute Gasteiger partial charge is 0.495 e. The van der Waals surface area contributed by atoms with E-state index in [9.17, 15) is 13.2 Å². The highest BCUT2D eigenvalue weighted by Gasteiger charge is 2.20. The molecule has 3 aromatic rings. The van der Waals surface area contributed by atoms with Crippen LogP contribution in [0.15, 0.2) is 45.3 Å². The number of hydrogen-bond acceptors (Lipinski definition) is 7. The van der Waals surface area contributed by atoms with E-state index in [1.54, 1.807) is 11.3 Å². The van der Waals surface area contributed by atoms with Gasteiger partial charge in [0, 0.05) is 30.4 Å². The van der Waals surface area contributed by atoms with Crippen molar-refractivity contribution in [2.75, 3.05) is 26.5 Å². The number of hydrogen-bond donors (Lipinski definition) is 1. The van der Waals surface area contributed by atoms with E-state index in [0.717, 1.165) is 14.9 Å². The third kappa shape index (κ3) is 4.41. The van der Waals surface area contributed by atoms with Gasteiger partial charge in [-0.3, -0.25) is 4.79 Å². The summed E-state index contributed by atoms with van der Waals surface area (Å²) in [6, 6.07) is 6.33. The predicted octanol–water partition coefficient (Wildman–Crippen LogP) is 3.31. The van der Waals surface area contributed by atoms with Gasteiger partial charge in [0.1, 0.15) is 10.8 Å². The average Bonchev–Trinajstić information content (AvgIpc) is 3.33. The topological polar surface area (TPSA) is 88.6 Å². The van der Waals surface area contributed by atoms with Gasteiger partial charge in [0.25, 0.3) is 0 Å². The second-order valence-electron chi connectivity index (χ2n) is 6.03. The van der Waals surface area contributed by atoms with E-state index in [4.69, 9.17) is 4.74 Å². The zero-order valence-electron chi connectivity index (χ0n) is 15.5. The minimum absolute atomic E-state index is 0.0713. The number of aromatic nitrogens is 1. The van der Waals surface area contributed by atoms with Gasteiger partial charge in [0.2, 0.25) is 15.9 Å². The number of thiophene rings is 1. The van der Waals surface area contributed by atoms with Gasteiger partial charge >= 0.3 is 0 Å². The number of anilines is 1. The lowest BCUT2D eigenvalue weighted by Crippen LogP contribution is -2.22. The number of benzene rings is 1. The van der Waals surface area contributed by atoms with Crippen molar-refractivity contribution in [1.82, 2.24) is 9.29 Å². The summed E-state index contributed by atoms with van der Waals surface area (Å²) < 4.78 is 31.0. The van der Waals surface area contributed by atoms with Crippen LogP contribution in [0.25, 0.3) is 10.6 Å². The maximum Gasteiger partial charge on any atom is 0.242 e. The van der Waals surface area contributed by atoms with E-state index in [1.165, 1.54) is 50.7 Å². The van der Waals surface area contributed by atoms with Crippen LogP contribution in [0.1, 0.15) is 5.69 Å². The smallest absolute Gasteiger partial charge is 0.242 e. The zero-order valence-corrected chi connectivity index (χ0v) is 18.0. The lowest BCUT2D eigenvalue weighted by molar-refractivity contribution is -0.115. The number of carbonyl (C=O) groups is 1. The second kappa shape index (κ2) is 8.39. The number of sulfonamides is 1. The summed E-state index contributed by atoms with van der Waals surface area (Å²) in [6.07, 6.45) is 0.0778. The van der Waals surface area contributed by atoms with Crippen LogP contribution >= 0.6 is 22.7 Å². The first-order valence-electron chi connectivity index (χ1n) is 8.18. The Kier molecular flexibility index (Phi) is 6.14. The molecular formula is C18H19N3O4S3. The monoisotopic (exact) mass is 437 g/mol. The van der Waals surface area contributed by atoms with Crippen molar-refractivity contribution in [3.63, 3.8) is 0 Å². The average molecular weight is 438 g/mol. The number of methoxy groups -OCH3 is 1. The van der Waals surface area contributed by atoms with Crippen LogP contribution in [0.5, 0.6) is 5.75 Å². The maximum atomic E-state index is 12.5. The fraction of sp³-hybridized carbons (Fsp3) is 0.222. The number of carbonyl (C=O) groups excluding carboxylic acids is 1. The maximum absolute atomic E-state index is 12.5. The Bertz CT molecular complexity index is 1070. The van der Waals surface area contributed by atoms with Crippen LogP contribution in [-0.2, 0) is 21.2 Å². The zero-order chi connectivity index (χ0) is 20.3. The normalized spacial score (nSPS) is 11.6. The number of nitrogens with zero attached hydrogens (tertiary/aromatic N) is 2. The molecular weight excluding hydrogens is 418 g/mol. The molecule has 10 heteroatoms. The highest BCUT2D eigenvalue weighted by molar-refractivity contribution is 7.89. The number of amides is 1. The van der Waals surface area contributed by atoms with Crippen molar-refractivity contribution in [3.05, 3.63) is 46.1 Å². The van der Waals surface area contributed by atoms with Crippen LogP contribution in [0, 0.1) is 0 Å². The molecule has 0 aliphatic heterocycles. The van der Waals surface area contributed by atoms with Gasteiger partial charge in [-0.25, -0.2) is 17.7 Å². The molecule has 3 rings (SSSR count). The molecule has 0 saturated carbocycles. The quantitative estimate of drug-likeness (QED) is 0.613. The van der Waals surface area contributed by atoms with Crippen molar-refractivity contribution in [2.24, 2.45) is 0 Å². The van der Waals surface area contributed by atoms with E-state index in [-0.39, 0.29) is 17.2 Å². The third-order valence-corrected chi connectivity index (χ3v) is 7.32. The molecule has 0 aliphatic carbocycles. The van der Waals surface area contributed by atoms with E-state index in [1.807, 2.05) is 22.2 Å². The summed E-state index contributed by atoms with van der Waals surface area (Å²) in [5.74, 6) is 0.0724.